The number of hydrogen-bond acceptors (Lipinski definition) is 4. The van der Waals surface area contributed by atoms with Crippen LogP contribution < -0.4 is 21.5 Å². The Bertz CT molecular complexity index is 732. The van der Waals surface area contributed by atoms with Crippen molar-refractivity contribution in [1.82, 2.24) is 10.3 Å². The van der Waals surface area contributed by atoms with Crippen LogP contribution in [0.2, 0.25) is 0 Å². The number of fused-ring (bicyclic) bond motifs is 1. The first-order valence-corrected chi connectivity index (χ1v) is 7.17. The highest BCUT2D eigenvalue weighted by molar-refractivity contribution is 5.86. The number of benzene rings is 1. The molecule has 3 heterocycles. The molecule has 1 aromatic carbocycles. The zero-order chi connectivity index (χ0) is 14.4. The van der Waals surface area contributed by atoms with Crippen molar-refractivity contribution in [1.29, 1.82) is 0 Å². The van der Waals surface area contributed by atoms with Gasteiger partial charge in [0.15, 0.2) is 0 Å². The van der Waals surface area contributed by atoms with E-state index < -0.39 is 0 Å². The lowest BCUT2D eigenvalue weighted by atomic mass is 9.96. The predicted molar refractivity (Wildman–Crippen MR) is 83.6 cm³/mol. The standard InChI is InChI=1S/C16H18N4O/c17-11-7-10-15-12(20-16(10)18)5-6-19-13(15)8-21-14-4-2-1-3-9(11)14/h1-4,7,13,19-20H,5-6,8,17-18H2/b11-7-. The molecule has 0 bridgehead atoms. The van der Waals surface area contributed by atoms with Gasteiger partial charge in [0.25, 0.3) is 0 Å². The Hall–Kier alpha value is -2.40. The van der Waals surface area contributed by atoms with Gasteiger partial charge in [0.2, 0.25) is 0 Å². The summed E-state index contributed by atoms with van der Waals surface area (Å²) in [5, 5.41) is 3.50. The zero-order valence-corrected chi connectivity index (χ0v) is 11.6. The molecule has 0 saturated carbocycles. The molecule has 0 radical (unpaired) electrons. The van der Waals surface area contributed by atoms with Gasteiger partial charge in [-0.1, -0.05) is 12.1 Å². The lowest BCUT2D eigenvalue weighted by Crippen LogP contribution is -2.33. The average Bonchev–Trinajstić information content (AvgIpc) is 2.83. The quantitative estimate of drug-likeness (QED) is 0.591. The maximum absolute atomic E-state index is 6.27. The number of H-pyrrole nitrogens is 1. The number of aromatic amines is 1. The van der Waals surface area contributed by atoms with Crippen LogP contribution in [0.15, 0.2) is 24.3 Å². The van der Waals surface area contributed by atoms with Crippen molar-refractivity contribution in [2.75, 3.05) is 18.9 Å². The van der Waals surface area contributed by atoms with Gasteiger partial charge in [0.05, 0.1) is 6.04 Å². The van der Waals surface area contributed by atoms with Crippen molar-refractivity contribution >= 4 is 17.6 Å². The van der Waals surface area contributed by atoms with Crippen LogP contribution in [-0.4, -0.2) is 18.1 Å². The van der Waals surface area contributed by atoms with Gasteiger partial charge in [-0.2, -0.15) is 0 Å². The number of rotatable bonds is 0. The number of ether oxygens (including phenoxy) is 1. The van der Waals surface area contributed by atoms with E-state index in [9.17, 15) is 0 Å². The summed E-state index contributed by atoms with van der Waals surface area (Å²) in [4.78, 5) is 3.29. The van der Waals surface area contributed by atoms with Crippen LogP contribution in [0.5, 0.6) is 5.75 Å². The van der Waals surface area contributed by atoms with Gasteiger partial charge >= 0.3 is 0 Å². The number of nitrogens with one attached hydrogen (secondary N) is 2. The summed E-state index contributed by atoms with van der Waals surface area (Å²) < 4.78 is 6.00. The van der Waals surface area contributed by atoms with Crippen LogP contribution in [0.1, 0.15) is 28.4 Å². The Morgan fingerprint density at radius 3 is 2.95 bits per heavy atom. The zero-order valence-electron chi connectivity index (χ0n) is 11.6. The number of para-hydroxylation sites is 1. The van der Waals surface area contributed by atoms with E-state index >= 15 is 0 Å². The number of anilines is 1. The molecular weight excluding hydrogens is 264 g/mol. The summed E-state index contributed by atoms with van der Waals surface area (Å²) in [5.41, 5.74) is 17.4. The summed E-state index contributed by atoms with van der Waals surface area (Å²) in [6, 6.07) is 7.97. The molecule has 5 heteroatoms. The van der Waals surface area contributed by atoms with E-state index in [0.717, 1.165) is 29.8 Å². The van der Waals surface area contributed by atoms with Crippen LogP contribution in [0.4, 0.5) is 5.82 Å². The molecule has 0 spiro atoms. The molecule has 2 aliphatic rings. The van der Waals surface area contributed by atoms with Gasteiger partial charge in [-0.25, -0.2) is 0 Å². The maximum Gasteiger partial charge on any atom is 0.128 e. The van der Waals surface area contributed by atoms with Crippen molar-refractivity contribution < 1.29 is 4.74 Å². The molecule has 1 atom stereocenters. The number of aromatic nitrogens is 1. The first-order chi connectivity index (χ1) is 10.2. The third kappa shape index (κ3) is 1.89. The summed E-state index contributed by atoms with van der Waals surface area (Å²) in [7, 11) is 0. The van der Waals surface area contributed by atoms with Crippen LogP contribution in [0, 0.1) is 0 Å². The summed E-state index contributed by atoms with van der Waals surface area (Å²) in [6.07, 6.45) is 2.90. The van der Waals surface area contributed by atoms with Crippen molar-refractivity contribution in [3.8, 4) is 5.75 Å². The lowest BCUT2D eigenvalue weighted by Gasteiger charge is -2.25. The summed E-state index contributed by atoms with van der Waals surface area (Å²) in [6.45, 7) is 1.48. The Kier molecular flexibility index (Phi) is 2.68. The highest BCUT2D eigenvalue weighted by atomic mass is 16.5. The number of nitrogen functional groups attached to an aromatic ring is 1. The van der Waals surface area contributed by atoms with Crippen molar-refractivity contribution in [2.24, 2.45) is 5.73 Å². The molecule has 1 unspecified atom stereocenters. The maximum atomic E-state index is 6.27. The van der Waals surface area contributed by atoms with Gasteiger partial charge in [0.1, 0.15) is 18.2 Å². The second-order valence-electron chi connectivity index (χ2n) is 5.51. The van der Waals surface area contributed by atoms with Crippen molar-refractivity contribution in [3.63, 3.8) is 0 Å². The minimum atomic E-state index is 0.132. The molecule has 4 rings (SSSR count). The normalized spacial score (nSPS) is 22.7. The van der Waals surface area contributed by atoms with Crippen LogP contribution in [0.3, 0.4) is 0 Å². The first kappa shape index (κ1) is 12.3. The van der Waals surface area contributed by atoms with E-state index in [4.69, 9.17) is 16.2 Å². The SMILES string of the molecule is N/C1=C\c2c(N)[nH]c3c2C(COc2ccccc21)NCC3. The minimum absolute atomic E-state index is 0.132. The fourth-order valence-corrected chi connectivity index (χ4v) is 3.21. The van der Waals surface area contributed by atoms with Gasteiger partial charge in [-0.3, -0.25) is 0 Å². The summed E-state index contributed by atoms with van der Waals surface area (Å²) >= 11 is 0. The average molecular weight is 282 g/mol. The topological polar surface area (TPSA) is 89.1 Å². The molecule has 0 saturated heterocycles. The molecule has 21 heavy (non-hydrogen) atoms. The highest BCUT2D eigenvalue weighted by Crippen LogP contribution is 2.36. The van der Waals surface area contributed by atoms with Gasteiger partial charge in [-0.05, 0) is 18.2 Å². The predicted octanol–water partition coefficient (Wildman–Crippen LogP) is 1.63. The third-order valence-electron chi connectivity index (χ3n) is 4.21. The van der Waals surface area contributed by atoms with E-state index in [0.29, 0.717) is 18.1 Å². The van der Waals surface area contributed by atoms with Crippen LogP contribution >= 0.6 is 0 Å². The Morgan fingerprint density at radius 2 is 2.05 bits per heavy atom. The molecule has 2 aliphatic heterocycles. The Balaban J connectivity index is 1.94. The van der Waals surface area contributed by atoms with Gasteiger partial charge in [-0.15, -0.1) is 0 Å². The van der Waals surface area contributed by atoms with Gasteiger partial charge in [0, 0.05) is 41.0 Å². The molecule has 0 aliphatic carbocycles. The Labute approximate surface area is 123 Å². The number of nitrogens with two attached hydrogens (primary N) is 2. The second kappa shape index (κ2) is 4.56. The largest absolute Gasteiger partial charge is 0.491 e. The fourth-order valence-electron chi connectivity index (χ4n) is 3.21. The van der Waals surface area contributed by atoms with E-state index in [-0.39, 0.29) is 6.04 Å². The molecule has 1 aromatic heterocycles. The van der Waals surface area contributed by atoms with Gasteiger partial charge < -0.3 is 26.5 Å². The van der Waals surface area contributed by atoms with Crippen molar-refractivity contribution in [2.45, 2.75) is 12.5 Å². The molecule has 2 aromatic rings. The van der Waals surface area contributed by atoms with Crippen LogP contribution in [0.25, 0.3) is 11.8 Å². The molecule has 0 fully saturated rings. The molecule has 6 N–H and O–H groups in total. The van der Waals surface area contributed by atoms with E-state index in [2.05, 4.69) is 10.3 Å². The third-order valence-corrected chi connectivity index (χ3v) is 4.21. The van der Waals surface area contributed by atoms with E-state index in [1.807, 2.05) is 30.3 Å². The van der Waals surface area contributed by atoms with E-state index in [1.165, 1.54) is 11.3 Å². The molecule has 0 amide bonds. The number of hydrogen-bond donors (Lipinski definition) is 4. The smallest absolute Gasteiger partial charge is 0.128 e. The second-order valence-corrected chi connectivity index (χ2v) is 5.51. The molecule has 108 valence electrons. The summed E-state index contributed by atoms with van der Waals surface area (Å²) in [5.74, 6) is 1.49. The fraction of sp³-hybridized carbons (Fsp3) is 0.250. The molecular formula is C16H18N4O. The lowest BCUT2D eigenvalue weighted by molar-refractivity contribution is 0.261. The first-order valence-electron chi connectivity index (χ1n) is 7.17. The van der Waals surface area contributed by atoms with E-state index in [1.54, 1.807) is 0 Å². The Morgan fingerprint density at radius 1 is 1.19 bits per heavy atom. The highest BCUT2D eigenvalue weighted by Gasteiger charge is 2.28. The minimum Gasteiger partial charge on any atom is -0.491 e. The van der Waals surface area contributed by atoms with Crippen molar-refractivity contribution in [3.05, 3.63) is 46.6 Å². The molecule has 5 nitrogen and oxygen atoms in total. The van der Waals surface area contributed by atoms with Crippen LogP contribution in [-0.2, 0) is 6.42 Å². The monoisotopic (exact) mass is 282 g/mol.